The summed E-state index contributed by atoms with van der Waals surface area (Å²) in [6.45, 7) is 6.71. The lowest BCUT2D eigenvalue weighted by Gasteiger charge is -2.22. The highest BCUT2D eigenvalue weighted by molar-refractivity contribution is 7.12. The molecule has 0 bridgehead atoms. The van der Waals surface area contributed by atoms with Gasteiger partial charge in [-0.1, -0.05) is 40.0 Å². The molecule has 0 spiro atoms. The molecule has 0 atom stereocenters. The van der Waals surface area contributed by atoms with Gasteiger partial charge < -0.3 is 15.1 Å². The van der Waals surface area contributed by atoms with Gasteiger partial charge in [-0.2, -0.15) is 0 Å². The molecule has 6 nitrogen and oxygen atoms in total. The SMILES string of the molecule is CC(C)(C)c1cnc(/C=C/c2cnc(CNC(=O)NC3CCCCC3)s2)o1. The molecule has 146 valence electrons. The maximum atomic E-state index is 12.0. The van der Waals surface area contributed by atoms with Crippen molar-refractivity contribution in [1.82, 2.24) is 20.6 Å². The first-order valence-electron chi connectivity index (χ1n) is 9.53. The number of aromatic nitrogens is 2. The van der Waals surface area contributed by atoms with Crippen molar-refractivity contribution >= 4 is 29.5 Å². The lowest BCUT2D eigenvalue weighted by Crippen LogP contribution is -2.42. The van der Waals surface area contributed by atoms with Crippen LogP contribution < -0.4 is 10.6 Å². The lowest BCUT2D eigenvalue weighted by molar-refractivity contribution is 0.232. The van der Waals surface area contributed by atoms with E-state index in [1.165, 1.54) is 19.3 Å². The molecule has 0 aromatic carbocycles. The summed E-state index contributed by atoms with van der Waals surface area (Å²) in [5.41, 5.74) is -0.0549. The fourth-order valence-corrected chi connectivity index (χ4v) is 3.75. The smallest absolute Gasteiger partial charge is 0.315 e. The molecule has 27 heavy (non-hydrogen) atoms. The second-order valence-corrected chi connectivity index (χ2v) is 9.11. The minimum absolute atomic E-state index is 0.0549. The van der Waals surface area contributed by atoms with Crippen LogP contribution in [0.3, 0.4) is 0 Å². The highest BCUT2D eigenvalue weighted by Gasteiger charge is 2.18. The molecule has 2 heterocycles. The van der Waals surface area contributed by atoms with E-state index in [9.17, 15) is 4.79 Å². The zero-order valence-corrected chi connectivity index (χ0v) is 17.1. The van der Waals surface area contributed by atoms with Gasteiger partial charge in [0.25, 0.3) is 0 Å². The third-order valence-corrected chi connectivity index (χ3v) is 5.53. The quantitative estimate of drug-likeness (QED) is 0.776. The molecule has 2 aromatic heterocycles. The van der Waals surface area contributed by atoms with E-state index in [4.69, 9.17) is 4.42 Å². The summed E-state index contributed by atoms with van der Waals surface area (Å²) < 4.78 is 5.75. The van der Waals surface area contributed by atoms with E-state index < -0.39 is 0 Å². The molecule has 0 radical (unpaired) electrons. The van der Waals surface area contributed by atoms with E-state index in [0.29, 0.717) is 18.5 Å². The molecule has 0 aliphatic heterocycles. The first-order valence-corrected chi connectivity index (χ1v) is 10.4. The lowest BCUT2D eigenvalue weighted by atomic mass is 9.94. The minimum Gasteiger partial charge on any atom is -0.441 e. The Balaban J connectivity index is 1.48. The molecule has 1 aliphatic carbocycles. The second-order valence-electron chi connectivity index (χ2n) is 7.96. The Hall–Kier alpha value is -2.15. The number of amides is 2. The van der Waals surface area contributed by atoms with Crippen molar-refractivity contribution in [2.45, 2.75) is 70.9 Å². The third kappa shape index (κ3) is 5.92. The topological polar surface area (TPSA) is 80.0 Å². The van der Waals surface area contributed by atoms with E-state index in [1.807, 2.05) is 12.2 Å². The largest absolute Gasteiger partial charge is 0.441 e. The summed E-state index contributed by atoms with van der Waals surface area (Å²) in [5, 5.41) is 6.82. The van der Waals surface area contributed by atoms with Crippen molar-refractivity contribution in [2.24, 2.45) is 0 Å². The van der Waals surface area contributed by atoms with Gasteiger partial charge in [-0.3, -0.25) is 0 Å². The van der Waals surface area contributed by atoms with Gasteiger partial charge in [-0.15, -0.1) is 11.3 Å². The fraction of sp³-hybridized carbons (Fsp3) is 0.550. The molecule has 1 aliphatic rings. The summed E-state index contributed by atoms with van der Waals surface area (Å²) in [5.74, 6) is 1.44. The van der Waals surface area contributed by atoms with Crippen molar-refractivity contribution in [2.75, 3.05) is 0 Å². The predicted octanol–water partition coefficient (Wildman–Crippen LogP) is 4.73. The van der Waals surface area contributed by atoms with Crippen LogP contribution in [0, 0.1) is 0 Å². The van der Waals surface area contributed by atoms with Gasteiger partial charge in [0, 0.05) is 28.6 Å². The molecule has 2 aromatic rings. The molecular weight excluding hydrogens is 360 g/mol. The predicted molar refractivity (Wildman–Crippen MR) is 108 cm³/mol. The molecule has 3 rings (SSSR count). The second kappa shape index (κ2) is 8.69. The standard InChI is InChI=1S/C20H28N4O2S/c1-20(2,3)16-12-21-17(26-16)10-9-15-11-22-18(27-15)13-23-19(25)24-14-7-5-4-6-8-14/h9-12,14H,4-8,13H2,1-3H3,(H2,23,24,25)/b10-9+. The molecule has 7 heteroatoms. The summed E-state index contributed by atoms with van der Waals surface area (Å²) >= 11 is 1.54. The van der Waals surface area contributed by atoms with Crippen LogP contribution in [0.4, 0.5) is 4.79 Å². The summed E-state index contributed by atoms with van der Waals surface area (Å²) in [7, 11) is 0. The number of thiazole rings is 1. The van der Waals surface area contributed by atoms with Gasteiger partial charge in [0.15, 0.2) is 0 Å². The summed E-state index contributed by atoms with van der Waals surface area (Å²) in [6.07, 6.45) is 13.2. The maximum Gasteiger partial charge on any atom is 0.315 e. The van der Waals surface area contributed by atoms with E-state index in [1.54, 1.807) is 23.7 Å². The Morgan fingerprint density at radius 1 is 1.22 bits per heavy atom. The van der Waals surface area contributed by atoms with Crippen LogP contribution in [0.15, 0.2) is 16.8 Å². The average Bonchev–Trinajstić information content (AvgIpc) is 3.28. The van der Waals surface area contributed by atoms with Crippen LogP contribution in [0.5, 0.6) is 0 Å². The zero-order valence-electron chi connectivity index (χ0n) is 16.2. The van der Waals surface area contributed by atoms with E-state index in [0.717, 1.165) is 28.5 Å². The van der Waals surface area contributed by atoms with E-state index in [2.05, 4.69) is 41.4 Å². The number of nitrogens with one attached hydrogen (secondary N) is 2. The van der Waals surface area contributed by atoms with E-state index >= 15 is 0 Å². The number of hydrogen-bond donors (Lipinski definition) is 2. The van der Waals surface area contributed by atoms with Gasteiger partial charge in [-0.05, 0) is 18.9 Å². The van der Waals surface area contributed by atoms with Crippen molar-refractivity contribution in [3.63, 3.8) is 0 Å². The Morgan fingerprint density at radius 2 is 2.00 bits per heavy atom. The monoisotopic (exact) mass is 388 g/mol. The van der Waals surface area contributed by atoms with Crippen LogP contribution in [0.2, 0.25) is 0 Å². The normalized spacial score (nSPS) is 16.0. The Morgan fingerprint density at radius 3 is 2.70 bits per heavy atom. The number of carbonyl (C=O) groups excluding carboxylic acids is 1. The van der Waals surface area contributed by atoms with Crippen LogP contribution in [-0.4, -0.2) is 22.0 Å². The highest BCUT2D eigenvalue weighted by atomic mass is 32.1. The van der Waals surface area contributed by atoms with Gasteiger partial charge in [-0.25, -0.2) is 14.8 Å². The van der Waals surface area contributed by atoms with Gasteiger partial charge in [0.2, 0.25) is 5.89 Å². The third-order valence-electron chi connectivity index (χ3n) is 4.56. The Kier molecular flexibility index (Phi) is 6.31. The average molecular weight is 389 g/mol. The minimum atomic E-state index is -0.108. The number of carbonyl (C=O) groups is 1. The van der Waals surface area contributed by atoms with Crippen LogP contribution >= 0.6 is 11.3 Å². The Labute approximate surface area is 164 Å². The van der Waals surface area contributed by atoms with Crippen LogP contribution in [-0.2, 0) is 12.0 Å². The number of urea groups is 1. The summed E-state index contributed by atoms with van der Waals surface area (Å²) in [4.78, 5) is 21.7. The van der Waals surface area contributed by atoms with E-state index in [-0.39, 0.29) is 11.4 Å². The summed E-state index contributed by atoms with van der Waals surface area (Å²) in [6, 6.07) is 0.205. The molecule has 1 saturated carbocycles. The first kappa shape index (κ1) is 19.6. The van der Waals surface area contributed by atoms with Crippen molar-refractivity contribution in [3.05, 3.63) is 33.9 Å². The molecule has 2 N–H and O–H groups in total. The van der Waals surface area contributed by atoms with Crippen molar-refractivity contribution in [1.29, 1.82) is 0 Å². The zero-order chi connectivity index (χ0) is 19.3. The number of oxazole rings is 1. The van der Waals surface area contributed by atoms with Gasteiger partial charge in [0.05, 0.1) is 12.7 Å². The fourth-order valence-electron chi connectivity index (χ4n) is 2.99. The van der Waals surface area contributed by atoms with Gasteiger partial charge in [0.1, 0.15) is 10.8 Å². The van der Waals surface area contributed by atoms with Crippen molar-refractivity contribution < 1.29 is 9.21 Å². The number of rotatable bonds is 5. The number of hydrogen-bond acceptors (Lipinski definition) is 5. The molecular formula is C20H28N4O2S. The number of nitrogens with zero attached hydrogens (tertiary/aromatic N) is 2. The van der Waals surface area contributed by atoms with Crippen LogP contribution in [0.25, 0.3) is 12.2 Å². The highest BCUT2D eigenvalue weighted by Crippen LogP contribution is 2.24. The molecule has 0 saturated heterocycles. The van der Waals surface area contributed by atoms with Crippen molar-refractivity contribution in [3.8, 4) is 0 Å². The molecule has 1 fully saturated rings. The maximum absolute atomic E-state index is 12.0. The van der Waals surface area contributed by atoms with Gasteiger partial charge >= 0.3 is 6.03 Å². The Bertz CT molecular complexity index is 782. The molecule has 0 unspecified atom stereocenters. The molecule has 2 amide bonds. The first-order chi connectivity index (χ1) is 12.9. The van der Waals surface area contributed by atoms with Crippen LogP contribution in [0.1, 0.15) is 74.4 Å².